The third kappa shape index (κ3) is 6.14. The number of nitrogens with zero attached hydrogens (tertiary/aromatic N) is 6. The number of nitrogens with one attached hydrogen (secondary N) is 2. The van der Waals surface area contributed by atoms with Crippen LogP contribution >= 0.6 is 11.3 Å². The number of carbonyl (C=O) groups is 1. The monoisotopic (exact) mass is 590 g/mol. The van der Waals surface area contributed by atoms with E-state index in [2.05, 4.69) is 65.5 Å². The Balaban J connectivity index is 1.63. The lowest BCUT2D eigenvalue weighted by Gasteiger charge is -2.53. The van der Waals surface area contributed by atoms with Crippen LogP contribution in [0, 0.1) is 13.8 Å². The van der Waals surface area contributed by atoms with Gasteiger partial charge in [0.2, 0.25) is 17.7 Å². The van der Waals surface area contributed by atoms with E-state index >= 15 is 0 Å². The molecule has 42 heavy (non-hydrogen) atoms. The first-order valence-electron chi connectivity index (χ1n) is 14.0. The van der Waals surface area contributed by atoms with Crippen molar-refractivity contribution in [1.29, 1.82) is 0 Å². The highest BCUT2D eigenvalue weighted by Crippen LogP contribution is 2.43. The minimum atomic E-state index is -0.328. The number of urea groups is 1. The molecular formula is C30H38N8O3S. The summed E-state index contributed by atoms with van der Waals surface area (Å²) in [6.07, 6.45) is 5.03. The van der Waals surface area contributed by atoms with Crippen LogP contribution in [0.5, 0.6) is 5.88 Å². The number of hydrogen-bond donors (Lipinski definition) is 2. The molecule has 0 saturated carbocycles. The molecule has 0 atom stereocenters. The maximum atomic E-state index is 12.3. The molecule has 0 bridgehead atoms. The van der Waals surface area contributed by atoms with Gasteiger partial charge in [-0.3, -0.25) is 10.2 Å². The molecule has 1 aliphatic heterocycles. The molecule has 11 nitrogen and oxygen atoms in total. The summed E-state index contributed by atoms with van der Waals surface area (Å²) < 4.78 is 12.5. The molecule has 0 aromatic carbocycles. The van der Waals surface area contributed by atoms with Gasteiger partial charge in [-0.1, -0.05) is 0 Å². The Morgan fingerprint density at radius 2 is 1.81 bits per heavy atom. The minimum Gasteiger partial charge on any atom is -0.474 e. The summed E-state index contributed by atoms with van der Waals surface area (Å²) in [5.41, 5.74) is 3.71. The number of carbonyl (C=O) groups excluding carboxylic acids is 1. The Morgan fingerprint density at radius 3 is 2.43 bits per heavy atom. The Labute approximate surface area is 250 Å². The number of ether oxygens (including phenoxy) is 1. The molecule has 0 spiro atoms. The van der Waals surface area contributed by atoms with Gasteiger partial charge in [0.15, 0.2) is 0 Å². The maximum absolute atomic E-state index is 12.3. The number of hydrogen-bond acceptors (Lipinski definition) is 10. The minimum absolute atomic E-state index is 0.0638. The summed E-state index contributed by atoms with van der Waals surface area (Å²) in [7, 11) is 2.17. The molecule has 5 heterocycles. The van der Waals surface area contributed by atoms with Gasteiger partial charge in [0.1, 0.15) is 16.9 Å². The quantitative estimate of drug-likeness (QED) is 0.262. The topological polar surface area (TPSA) is 131 Å². The number of thiazole rings is 1. The van der Waals surface area contributed by atoms with Crippen molar-refractivity contribution < 1.29 is 13.9 Å². The second-order valence-electron chi connectivity index (χ2n) is 11.9. The van der Waals surface area contributed by atoms with Gasteiger partial charge in [0.25, 0.3) is 0 Å². The summed E-state index contributed by atoms with van der Waals surface area (Å²) in [6.45, 7) is 15.0. The molecule has 4 aromatic heterocycles. The zero-order chi connectivity index (χ0) is 30.2. The smallest absolute Gasteiger partial charge is 0.320 e. The van der Waals surface area contributed by atoms with Crippen LogP contribution in [0.25, 0.3) is 33.2 Å². The van der Waals surface area contributed by atoms with Crippen LogP contribution in [0.2, 0.25) is 0 Å². The van der Waals surface area contributed by atoms with E-state index in [-0.39, 0.29) is 23.2 Å². The number of amides is 2. The number of rotatable bonds is 7. The van der Waals surface area contributed by atoms with E-state index in [1.54, 1.807) is 19.3 Å². The van der Waals surface area contributed by atoms with Crippen molar-refractivity contribution in [2.45, 2.75) is 78.5 Å². The predicted molar refractivity (Wildman–Crippen MR) is 164 cm³/mol. The van der Waals surface area contributed by atoms with Crippen LogP contribution in [0.3, 0.4) is 0 Å². The standard InChI is InChI=1S/C30H38N8O3S/c1-9-31-28(39)35-24-11-22(27-34-17(2)16-42-27)23(15-32-24)21-10-19(25-37-36-18(3)40-25)14-33-26(21)41-20-12-29(4,5)38(8)30(6,7)13-20/h10-11,14-16,20H,9,12-13H2,1-8H3,(H2,31,32,35,39). The van der Waals surface area contributed by atoms with E-state index in [9.17, 15) is 4.79 Å². The fourth-order valence-electron chi connectivity index (χ4n) is 5.50. The van der Waals surface area contributed by atoms with Crippen LogP contribution in [-0.4, -0.2) is 66.9 Å². The fraction of sp³-hybridized carbons (Fsp3) is 0.467. The average molecular weight is 591 g/mol. The first-order chi connectivity index (χ1) is 19.9. The van der Waals surface area contributed by atoms with E-state index in [4.69, 9.17) is 19.1 Å². The number of piperidine rings is 1. The lowest BCUT2D eigenvalue weighted by atomic mass is 9.78. The van der Waals surface area contributed by atoms with Crippen molar-refractivity contribution >= 4 is 23.2 Å². The highest BCUT2D eigenvalue weighted by atomic mass is 32.1. The van der Waals surface area contributed by atoms with Gasteiger partial charge in [0, 0.05) is 77.5 Å². The van der Waals surface area contributed by atoms with Crippen molar-refractivity contribution in [1.82, 2.24) is 35.4 Å². The number of likely N-dealkylation sites (tertiary alicyclic amines) is 1. The SMILES string of the molecule is CCNC(=O)Nc1cc(-c2nc(C)cs2)c(-c2cc(-c3nnc(C)o3)cnc2OC2CC(C)(C)N(C)C(C)(C)C2)cn1. The molecule has 0 radical (unpaired) electrons. The number of anilines is 1. The van der Waals surface area contributed by atoms with Crippen molar-refractivity contribution in [3.8, 4) is 39.0 Å². The molecule has 12 heteroatoms. The fourth-order valence-corrected chi connectivity index (χ4v) is 6.33. The Bertz CT molecular complexity index is 1580. The lowest BCUT2D eigenvalue weighted by Crippen LogP contribution is -2.60. The predicted octanol–water partition coefficient (Wildman–Crippen LogP) is 6.11. The van der Waals surface area contributed by atoms with Crippen molar-refractivity contribution in [3.63, 3.8) is 0 Å². The molecule has 2 N–H and O–H groups in total. The van der Waals surface area contributed by atoms with E-state index in [0.717, 1.165) is 40.2 Å². The second kappa shape index (κ2) is 11.4. The maximum Gasteiger partial charge on any atom is 0.320 e. The van der Waals surface area contributed by atoms with Crippen LogP contribution in [0.4, 0.5) is 10.6 Å². The Kier molecular flexibility index (Phi) is 8.04. The number of aryl methyl sites for hydroxylation is 2. The van der Waals surface area contributed by atoms with Crippen LogP contribution < -0.4 is 15.4 Å². The summed E-state index contributed by atoms with van der Waals surface area (Å²) in [6, 6.07) is 3.45. The average Bonchev–Trinajstić information content (AvgIpc) is 3.55. The van der Waals surface area contributed by atoms with E-state index in [0.29, 0.717) is 35.6 Å². The molecule has 5 rings (SSSR count). The highest BCUT2D eigenvalue weighted by Gasteiger charge is 2.44. The van der Waals surface area contributed by atoms with Gasteiger partial charge in [-0.25, -0.2) is 19.7 Å². The molecule has 4 aromatic rings. The molecule has 0 unspecified atom stereocenters. The summed E-state index contributed by atoms with van der Waals surface area (Å²) in [4.78, 5) is 28.8. The zero-order valence-corrected chi connectivity index (χ0v) is 26.2. The largest absolute Gasteiger partial charge is 0.474 e. The van der Waals surface area contributed by atoms with E-state index in [1.807, 2.05) is 31.4 Å². The van der Waals surface area contributed by atoms with E-state index in [1.165, 1.54) is 11.3 Å². The van der Waals surface area contributed by atoms with Crippen LogP contribution in [0.15, 0.2) is 34.3 Å². The van der Waals surface area contributed by atoms with Crippen molar-refractivity contribution in [2.24, 2.45) is 0 Å². The normalized spacial score (nSPS) is 16.8. The number of aromatic nitrogens is 5. The van der Waals surface area contributed by atoms with Gasteiger partial charge in [-0.15, -0.1) is 21.5 Å². The van der Waals surface area contributed by atoms with Gasteiger partial charge in [-0.2, -0.15) is 0 Å². The van der Waals surface area contributed by atoms with Crippen molar-refractivity contribution in [2.75, 3.05) is 18.9 Å². The first-order valence-corrected chi connectivity index (χ1v) is 14.9. The molecular weight excluding hydrogens is 552 g/mol. The third-order valence-corrected chi connectivity index (χ3v) is 8.79. The summed E-state index contributed by atoms with van der Waals surface area (Å²) >= 11 is 1.52. The first kappa shape index (κ1) is 29.6. The van der Waals surface area contributed by atoms with Gasteiger partial charge in [-0.05, 0) is 60.7 Å². The second-order valence-corrected chi connectivity index (χ2v) is 12.8. The zero-order valence-electron chi connectivity index (χ0n) is 25.4. The van der Waals surface area contributed by atoms with Gasteiger partial charge < -0.3 is 14.5 Å². The van der Waals surface area contributed by atoms with Gasteiger partial charge in [0.05, 0.1) is 5.56 Å². The molecule has 222 valence electrons. The third-order valence-electron chi connectivity index (χ3n) is 7.80. The van der Waals surface area contributed by atoms with Crippen LogP contribution in [0.1, 0.15) is 59.0 Å². The molecule has 0 aliphatic carbocycles. The van der Waals surface area contributed by atoms with Gasteiger partial charge >= 0.3 is 6.03 Å². The highest BCUT2D eigenvalue weighted by molar-refractivity contribution is 7.13. The molecule has 1 saturated heterocycles. The molecule has 2 amide bonds. The summed E-state index contributed by atoms with van der Waals surface area (Å²) in [5.74, 6) is 1.72. The number of pyridine rings is 2. The summed E-state index contributed by atoms with van der Waals surface area (Å²) in [5, 5.41) is 16.5. The Morgan fingerprint density at radius 1 is 1.07 bits per heavy atom. The Hall–Kier alpha value is -3.90. The molecule has 1 aliphatic rings. The molecule has 1 fully saturated rings. The van der Waals surface area contributed by atoms with E-state index < -0.39 is 0 Å². The van der Waals surface area contributed by atoms with Crippen LogP contribution in [-0.2, 0) is 0 Å². The lowest BCUT2D eigenvalue weighted by molar-refractivity contribution is -0.0565. The van der Waals surface area contributed by atoms with Crippen molar-refractivity contribution in [3.05, 3.63) is 41.5 Å².